The van der Waals surface area contributed by atoms with Crippen LogP contribution in [0.15, 0.2) is 85.1 Å². The Labute approximate surface area is 351 Å². The number of carbonyl (C=O) groups excluding carboxylic acids is 3. The molecular formula is C47H46F2N8O4. The van der Waals surface area contributed by atoms with Gasteiger partial charge >= 0.3 is 0 Å². The van der Waals surface area contributed by atoms with Gasteiger partial charge in [-0.3, -0.25) is 29.7 Å². The van der Waals surface area contributed by atoms with Crippen molar-refractivity contribution < 1.29 is 27.9 Å². The number of piperazine rings is 1. The summed E-state index contributed by atoms with van der Waals surface area (Å²) in [5.41, 5.74) is 6.18. The number of anilines is 3. The Morgan fingerprint density at radius 3 is 2.51 bits per heavy atom. The van der Waals surface area contributed by atoms with Crippen LogP contribution in [0.1, 0.15) is 65.2 Å². The van der Waals surface area contributed by atoms with Crippen LogP contribution >= 0.6 is 0 Å². The lowest BCUT2D eigenvalue weighted by Crippen LogP contribution is -2.46. The number of nitrogens with one attached hydrogen (secondary N) is 4. The Bertz CT molecular complexity index is 2670. The Balaban J connectivity index is 0.845. The van der Waals surface area contributed by atoms with Gasteiger partial charge in [-0.1, -0.05) is 24.0 Å². The predicted molar refractivity (Wildman–Crippen MR) is 231 cm³/mol. The van der Waals surface area contributed by atoms with Crippen molar-refractivity contribution in [3.63, 3.8) is 0 Å². The van der Waals surface area contributed by atoms with E-state index in [2.05, 4.69) is 53.9 Å². The molecule has 0 radical (unpaired) electrons. The summed E-state index contributed by atoms with van der Waals surface area (Å²) >= 11 is 0. The molecule has 61 heavy (non-hydrogen) atoms. The fourth-order valence-electron chi connectivity index (χ4n) is 8.62. The van der Waals surface area contributed by atoms with Crippen molar-refractivity contribution in [2.24, 2.45) is 0 Å². The summed E-state index contributed by atoms with van der Waals surface area (Å²) in [6, 6.07) is 22.7. The van der Waals surface area contributed by atoms with Gasteiger partial charge in [0.1, 0.15) is 17.7 Å². The molecule has 5 heterocycles. The van der Waals surface area contributed by atoms with E-state index < -0.39 is 17.7 Å². The number of aromatic nitrogens is 3. The average molecular weight is 825 g/mol. The van der Waals surface area contributed by atoms with Crippen LogP contribution in [0.3, 0.4) is 0 Å². The van der Waals surface area contributed by atoms with Crippen molar-refractivity contribution >= 4 is 56.7 Å². The molecule has 14 heteroatoms. The first-order valence-corrected chi connectivity index (χ1v) is 20.9. The number of benzene rings is 4. The largest absolute Gasteiger partial charge is 0.381 e. The molecule has 4 aromatic carbocycles. The number of nitrogens with zero attached hydrogens (tertiary/aromatic N) is 4. The number of rotatable bonds is 10. The van der Waals surface area contributed by atoms with E-state index in [1.807, 2.05) is 65.4 Å². The molecule has 1 atom stereocenters. The molecule has 2 aromatic heterocycles. The number of carbonyl (C=O) groups is 3. The average Bonchev–Trinajstić information content (AvgIpc) is 3.87. The summed E-state index contributed by atoms with van der Waals surface area (Å²) < 4.78 is 35.3. The van der Waals surface area contributed by atoms with E-state index in [0.717, 1.165) is 90.6 Å². The minimum absolute atomic E-state index is 0.159. The molecular weight excluding hydrogens is 779 g/mol. The molecule has 3 saturated heterocycles. The zero-order chi connectivity index (χ0) is 41.9. The second-order valence-electron chi connectivity index (χ2n) is 15.9. The maximum absolute atomic E-state index is 14.0. The predicted octanol–water partition coefficient (Wildman–Crippen LogP) is 6.77. The third-order valence-electron chi connectivity index (χ3n) is 11.8. The number of aromatic amines is 1. The van der Waals surface area contributed by atoms with Crippen molar-refractivity contribution in [1.29, 1.82) is 0 Å². The van der Waals surface area contributed by atoms with Gasteiger partial charge in [0, 0.05) is 110 Å². The highest BCUT2D eigenvalue weighted by Gasteiger charge is 2.29. The molecule has 3 aliphatic heterocycles. The monoisotopic (exact) mass is 824 g/mol. The van der Waals surface area contributed by atoms with Gasteiger partial charge in [-0.15, -0.1) is 0 Å². The van der Waals surface area contributed by atoms with Crippen molar-refractivity contribution in [3.8, 4) is 11.8 Å². The van der Waals surface area contributed by atoms with Gasteiger partial charge in [0.25, 0.3) is 5.91 Å². The minimum Gasteiger partial charge on any atom is -0.381 e. The minimum atomic E-state index is -0.627. The zero-order valence-electron chi connectivity index (χ0n) is 33.6. The Morgan fingerprint density at radius 2 is 1.70 bits per heavy atom. The number of halogens is 2. The quantitative estimate of drug-likeness (QED) is 0.0879. The van der Waals surface area contributed by atoms with Gasteiger partial charge in [0.2, 0.25) is 11.8 Å². The van der Waals surface area contributed by atoms with Crippen LogP contribution in [0.25, 0.3) is 21.8 Å². The number of hydrogen-bond acceptors (Lipinski definition) is 8. The molecule has 3 amide bonds. The molecule has 312 valence electrons. The number of amides is 3. The molecule has 0 bridgehead atoms. The second kappa shape index (κ2) is 17.6. The summed E-state index contributed by atoms with van der Waals surface area (Å²) in [5.74, 6) is 5.04. The highest BCUT2D eigenvalue weighted by molar-refractivity contribution is 6.11. The third kappa shape index (κ3) is 8.99. The fraction of sp³-hybridized carbons (Fsp3) is 0.319. The first kappa shape index (κ1) is 39.9. The molecule has 3 aliphatic rings. The lowest BCUT2D eigenvalue weighted by Gasteiger charge is -2.36. The molecule has 3 fully saturated rings. The van der Waals surface area contributed by atoms with Crippen LogP contribution in [-0.2, 0) is 20.7 Å². The molecule has 0 aliphatic carbocycles. The second-order valence-corrected chi connectivity index (χ2v) is 15.9. The van der Waals surface area contributed by atoms with Gasteiger partial charge in [0.15, 0.2) is 5.82 Å². The van der Waals surface area contributed by atoms with E-state index in [1.165, 1.54) is 12.1 Å². The van der Waals surface area contributed by atoms with Gasteiger partial charge in [-0.2, -0.15) is 5.10 Å². The maximum atomic E-state index is 14.0. The first-order valence-electron chi connectivity index (χ1n) is 20.9. The summed E-state index contributed by atoms with van der Waals surface area (Å²) in [6.07, 6.45) is 5.41. The van der Waals surface area contributed by atoms with E-state index in [9.17, 15) is 23.2 Å². The zero-order valence-corrected chi connectivity index (χ0v) is 33.6. The Kier molecular flexibility index (Phi) is 11.5. The van der Waals surface area contributed by atoms with E-state index in [-0.39, 0.29) is 23.8 Å². The van der Waals surface area contributed by atoms with Crippen LogP contribution in [0.2, 0.25) is 0 Å². The molecule has 12 nitrogen and oxygen atoms in total. The summed E-state index contributed by atoms with van der Waals surface area (Å²) in [6.45, 7) is 5.56. The number of ether oxygens (including phenoxy) is 1. The van der Waals surface area contributed by atoms with Crippen molar-refractivity contribution in [3.05, 3.63) is 119 Å². The Morgan fingerprint density at radius 1 is 0.885 bits per heavy atom. The number of fused-ring (bicyclic) bond motifs is 2. The van der Waals surface area contributed by atoms with Crippen LogP contribution < -0.4 is 20.9 Å². The molecule has 9 rings (SSSR count). The number of imide groups is 1. The van der Waals surface area contributed by atoms with Crippen LogP contribution in [0, 0.1) is 23.5 Å². The van der Waals surface area contributed by atoms with E-state index in [4.69, 9.17) is 4.74 Å². The van der Waals surface area contributed by atoms with Crippen LogP contribution in [0.5, 0.6) is 0 Å². The van der Waals surface area contributed by atoms with Crippen molar-refractivity contribution in [1.82, 2.24) is 25.0 Å². The smallest absolute Gasteiger partial charge is 0.258 e. The van der Waals surface area contributed by atoms with Gasteiger partial charge in [0.05, 0.1) is 11.1 Å². The lowest BCUT2D eigenvalue weighted by atomic mass is 10.0. The van der Waals surface area contributed by atoms with Gasteiger partial charge in [-0.25, -0.2) is 8.78 Å². The van der Waals surface area contributed by atoms with Crippen molar-refractivity contribution in [2.75, 3.05) is 61.5 Å². The Hall–Kier alpha value is -6.56. The van der Waals surface area contributed by atoms with Crippen molar-refractivity contribution in [2.45, 2.75) is 50.6 Å². The molecule has 6 aromatic rings. The normalized spacial score (nSPS) is 17.6. The van der Waals surface area contributed by atoms with Gasteiger partial charge in [-0.05, 0) is 97.5 Å². The number of piperidine rings is 1. The standard InChI is InChI=1S/C47H46F2N8O4/c48-33-25-31(26-34(49)28-33)24-30-7-10-40-39(27-30)45(54-53-40)52-46(59)38-9-8-36(29-41(38)50-35-14-22-61-23-15-35)56-20-18-55(19-21-56)16-2-1-4-32-5-3-6-42-37(32)13-17-57(42)43-11-12-44(58)51-47(43)60/h3,5-10,13,17,25-29,35,43,50H,2,11-12,14-16,18-24H2,(H,51,58,60)(H2,52,53,54,59). The lowest BCUT2D eigenvalue weighted by molar-refractivity contribution is -0.135. The number of H-pyrrole nitrogens is 1. The van der Waals surface area contributed by atoms with E-state index in [0.29, 0.717) is 61.2 Å². The SMILES string of the molecule is O=C1CCC(n2ccc3c(C#CCCN4CCN(c5ccc(C(=O)Nc6n[nH]c7ccc(Cc8cc(F)cc(F)c8)cc67)c(NC6CCOCC6)c5)CC4)cccc32)C(=O)N1. The molecule has 0 spiro atoms. The molecule has 4 N–H and O–H groups in total. The first-order chi connectivity index (χ1) is 29.7. The topological polar surface area (TPSA) is 137 Å². The summed E-state index contributed by atoms with van der Waals surface area (Å²) in [5, 5.41) is 18.2. The van der Waals surface area contributed by atoms with Gasteiger partial charge < -0.3 is 24.8 Å². The highest BCUT2D eigenvalue weighted by atomic mass is 19.1. The molecule has 1 unspecified atom stereocenters. The fourth-order valence-corrected chi connectivity index (χ4v) is 8.62. The maximum Gasteiger partial charge on any atom is 0.258 e. The van der Waals surface area contributed by atoms with Crippen LogP contribution in [-0.4, -0.2) is 89.4 Å². The van der Waals surface area contributed by atoms with Crippen LogP contribution in [0.4, 0.5) is 26.0 Å². The molecule has 0 saturated carbocycles. The van der Waals surface area contributed by atoms with E-state index >= 15 is 0 Å². The summed E-state index contributed by atoms with van der Waals surface area (Å²) in [7, 11) is 0. The third-order valence-corrected chi connectivity index (χ3v) is 11.8. The summed E-state index contributed by atoms with van der Waals surface area (Å²) in [4.78, 5) is 43.0. The number of hydrogen-bond donors (Lipinski definition) is 4. The van der Waals surface area contributed by atoms with E-state index in [1.54, 1.807) is 0 Å². The highest BCUT2D eigenvalue weighted by Crippen LogP contribution is 2.31.